The molecule has 1 aliphatic rings. The Labute approximate surface area is 184 Å². The fourth-order valence-electron chi connectivity index (χ4n) is 3.75. The van der Waals surface area contributed by atoms with Crippen LogP contribution in [0.4, 0.5) is 15.8 Å². The summed E-state index contributed by atoms with van der Waals surface area (Å²) < 4.78 is 67.9. The summed E-state index contributed by atoms with van der Waals surface area (Å²) in [5.74, 6) is -0.446. The standard InChI is InChI=1S/C21H28FN3O4S2/c1-24(2)31(28,29)19-12-10-18(11-13-19)30(26,27)23-20-14-9-16(22)15-21(20)25(3)17-7-5-4-6-8-17/h9-15,17,23H,4-8H2,1-3H3. The number of nitrogens with zero attached hydrogens (tertiary/aromatic N) is 2. The highest BCUT2D eigenvalue weighted by Gasteiger charge is 2.24. The van der Waals surface area contributed by atoms with Gasteiger partial charge in [-0.25, -0.2) is 25.5 Å². The van der Waals surface area contributed by atoms with Crippen LogP contribution < -0.4 is 9.62 Å². The smallest absolute Gasteiger partial charge is 0.261 e. The van der Waals surface area contributed by atoms with Gasteiger partial charge in [-0.3, -0.25) is 4.72 Å². The second-order valence-electron chi connectivity index (χ2n) is 7.93. The number of rotatable bonds is 7. The molecule has 0 saturated heterocycles. The van der Waals surface area contributed by atoms with Gasteiger partial charge in [0.25, 0.3) is 10.0 Å². The molecule has 2 aromatic carbocycles. The van der Waals surface area contributed by atoms with Crippen LogP contribution in [0, 0.1) is 5.82 Å². The highest BCUT2D eigenvalue weighted by molar-refractivity contribution is 7.92. The lowest BCUT2D eigenvalue weighted by Gasteiger charge is -2.34. The number of halogens is 1. The molecule has 170 valence electrons. The zero-order chi connectivity index (χ0) is 22.8. The number of benzene rings is 2. The maximum Gasteiger partial charge on any atom is 0.261 e. The molecule has 31 heavy (non-hydrogen) atoms. The Morgan fingerprint density at radius 1 is 0.871 bits per heavy atom. The average molecular weight is 470 g/mol. The fourth-order valence-corrected chi connectivity index (χ4v) is 5.73. The van der Waals surface area contributed by atoms with E-state index in [9.17, 15) is 21.2 Å². The van der Waals surface area contributed by atoms with Gasteiger partial charge in [-0.05, 0) is 55.3 Å². The molecule has 0 bridgehead atoms. The molecule has 2 aromatic rings. The van der Waals surface area contributed by atoms with Crippen molar-refractivity contribution in [2.24, 2.45) is 0 Å². The second kappa shape index (κ2) is 9.13. The van der Waals surface area contributed by atoms with Crippen molar-refractivity contribution in [3.63, 3.8) is 0 Å². The molecule has 1 aliphatic carbocycles. The number of hydrogen-bond acceptors (Lipinski definition) is 5. The molecule has 0 amide bonds. The summed E-state index contributed by atoms with van der Waals surface area (Å²) in [4.78, 5) is 1.85. The first-order valence-electron chi connectivity index (χ1n) is 10.1. The highest BCUT2D eigenvalue weighted by atomic mass is 32.2. The van der Waals surface area contributed by atoms with Crippen LogP contribution in [0.2, 0.25) is 0 Å². The number of nitrogens with one attached hydrogen (secondary N) is 1. The van der Waals surface area contributed by atoms with Crippen molar-refractivity contribution in [1.82, 2.24) is 4.31 Å². The molecule has 0 spiro atoms. The van der Waals surface area contributed by atoms with Crippen LogP contribution in [0.3, 0.4) is 0 Å². The molecule has 0 radical (unpaired) electrons. The Balaban J connectivity index is 1.89. The molecular weight excluding hydrogens is 441 g/mol. The minimum absolute atomic E-state index is 0.00375. The maximum atomic E-state index is 14.0. The van der Waals surface area contributed by atoms with E-state index in [-0.39, 0.29) is 21.5 Å². The first-order valence-corrected chi connectivity index (χ1v) is 13.0. The Morgan fingerprint density at radius 2 is 1.45 bits per heavy atom. The molecule has 1 fully saturated rings. The van der Waals surface area contributed by atoms with E-state index in [0.717, 1.165) is 30.0 Å². The van der Waals surface area contributed by atoms with Crippen LogP contribution in [0.15, 0.2) is 52.3 Å². The van der Waals surface area contributed by atoms with E-state index >= 15 is 0 Å². The summed E-state index contributed by atoms with van der Waals surface area (Å²) in [5, 5.41) is 0. The summed E-state index contributed by atoms with van der Waals surface area (Å²) >= 11 is 0. The largest absolute Gasteiger partial charge is 0.370 e. The third-order valence-corrected chi connectivity index (χ3v) is 8.83. The van der Waals surface area contributed by atoms with Crippen molar-refractivity contribution >= 4 is 31.4 Å². The molecule has 0 unspecified atom stereocenters. The van der Waals surface area contributed by atoms with E-state index in [1.807, 2.05) is 11.9 Å². The Bertz CT molecular complexity index is 1130. The molecule has 10 heteroatoms. The van der Waals surface area contributed by atoms with Gasteiger partial charge in [-0.15, -0.1) is 0 Å². The summed E-state index contributed by atoms with van der Waals surface area (Å²) in [5.41, 5.74) is 0.752. The van der Waals surface area contributed by atoms with E-state index in [1.54, 1.807) is 0 Å². The van der Waals surface area contributed by atoms with Crippen LogP contribution >= 0.6 is 0 Å². The van der Waals surface area contributed by atoms with E-state index in [4.69, 9.17) is 0 Å². The van der Waals surface area contributed by atoms with Crippen LogP contribution in [0.1, 0.15) is 32.1 Å². The molecule has 1 N–H and O–H groups in total. The predicted molar refractivity (Wildman–Crippen MR) is 120 cm³/mol. The van der Waals surface area contributed by atoms with E-state index < -0.39 is 25.9 Å². The normalized spacial score (nSPS) is 15.8. The molecule has 1 saturated carbocycles. The Kier molecular flexibility index (Phi) is 6.92. The summed E-state index contributed by atoms with van der Waals surface area (Å²) in [6.45, 7) is 0. The van der Waals surface area contributed by atoms with Gasteiger partial charge in [0.15, 0.2) is 0 Å². The van der Waals surface area contributed by atoms with Gasteiger partial charge in [0, 0.05) is 27.2 Å². The van der Waals surface area contributed by atoms with Crippen molar-refractivity contribution < 1.29 is 21.2 Å². The summed E-state index contributed by atoms with van der Waals surface area (Å²) in [6, 6.07) is 9.16. The molecule has 0 aromatic heterocycles. The topological polar surface area (TPSA) is 86.8 Å². The lowest BCUT2D eigenvalue weighted by atomic mass is 9.94. The predicted octanol–water partition coefficient (Wildman–Crippen LogP) is 3.65. The van der Waals surface area contributed by atoms with Gasteiger partial charge in [0.05, 0.1) is 21.2 Å². The highest BCUT2D eigenvalue weighted by Crippen LogP contribution is 2.33. The van der Waals surface area contributed by atoms with E-state index in [0.29, 0.717) is 5.69 Å². The van der Waals surface area contributed by atoms with Gasteiger partial charge < -0.3 is 4.90 Å². The van der Waals surface area contributed by atoms with Crippen molar-refractivity contribution in [2.45, 2.75) is 47.9 Å². The first-order chi connectivity index (χ1) is 14.5. The minimum atomic E-state index is -4.00. The third-order valence-electron chi connectivity index (χ3n) is 5.62. The van der Waals surface area contributed by atoms with E-state index in [1.165, 1.54) is 63.0 Å². The molecule has 0 heterocycles. The van der Waals surface area contributed by atoms with Gasteiger partial charge in [0.1, 0.15) is 5.82 Å². The monoisotopic (exact) mass is 469 g/mol. The third kappa shape index (κ3) is 5.19. The Hall–Kier alpha value is -2.17. The number of sulfonamides is 2. The number of hydrogen-bond donors (Lipinski definition) is 1. The molecular formula is C21H28FN3O4S2. The lowest BCUT2D eigenvalue weighted by Crippen LogP contribution is -2.34. The van der Waals surface area contributed by atoms with Crippen molar-refractivity contribution in [3.8, 4) is 0 Å². The summed E-state index contributed by atoms with van der Waals surface area (Å²) in [7, 11) is -3.01. The van der Waals surface area contributed by atoms with Crippen LogP contribution in [-0.2, 0) is 20.0 Å². The van der Waals surface area contributed by atoms with Gasteiger partial charge in [-0.1, -0.05) is 19.3 Å². The zero-order valence-corrected chi connectivity index (χ0v) is 19.5. The Morgan fingerprint density at radius 3 is 2.03 bits per heavy atom. The van der Waals surface area contributed by atoms with E-state index in [2.05, 4.69) is 4.72 Å². The van der Waals surface area contributed by atoms with Gasteiger partial charge in [0.2, 0.25) is 10.0 Å². The minimum Gasteiger partial charge on any atom is -0.370 e. The SMILES string of the molecule is CN(c1cc(F)ccc1NS(=O)(=O)c1ccc(S(=O)(=O)N(C)C)cc1)C1CCCCC1. The fraction of sp³-hybridized carbons (Fsp3) is 0.429. The quantitative estimate of drug-likeness (QED) is 0.669. The summed E-state index contributed by atoms with van der Waals surface area (Å²) in [6.07, 6.45) is 5.30. The molecule has 0 atom stereocenters. The van der Waals surface area contributed by atoms with Gasteiger partial charge in [-0.2, -0.15) is 0 Å². The van der Waals surface area contributed by atoms with Crippen LogP contribution in [0.25, 0.3) is 0 Å². The van der Waals surface area contributed by atoms with Crippen molar-refractivity contribution in [1.29, 1.82) is 0 Å². The first kappa shape index (κ1) is 23.5. The van der Waals surface area contributed by atoms with Crippen LogP contribution in [0.5, 0.6) is 0 Å². The van der Waals surface area contributed by atoms with Crippen molar-refractivity contribution in [3.05, 3.63) is 48.3 Å². The second-order valence-corrected chi connectivity index (χ2v) is 11.8. The number of anilines is 2. The lowest BCUT2D eigenvalue weighted by molar-refractivity contribution is 0.427. The molecule has 3 rings (SSSR count). The molecule has 7 nitrogen and oxygen atoms in total. The van der Waals surface area contributed by atoms with Gasteiger partial charge >= 0.3 is 0 Å². The zero-order valence-electron chi connectivity index (χ0n) is 17.9. The van der Waals surface area contributed by atoms with Crippen LogP contribution in [-0.4, -0.2) is 48.3 Å². The van der Waals surface area contributed by atoms with Crippen molar-refractivity contribution in [2.75, 3.05) is 30.8 Å². The maximum absolute atomic E-state index is 14.0. The average Bonchev–Trinajstić information content (AvgIpc) is 2.75. The molecule has 0 aliphatic heterocycles.